The normalized spacial score (nSPS) is 39.4. The van der Waals surface area contributed by atoms with E-state index < -0.39 is 30.1 Å². The Morgan fingerprint density at radius 3 is 2.57 bits per heavy atom. The maximum Gasteiger partial charge on any atom is 0.339 e. The number of hydrogen-bond acceptors (Lipinski definition) is 5. The first kappa shape index (κ1) is 9.61. The highest BCUT2D eigenvalue weighted by atomic mass is 16.8. The summed E-state index contributed by atoms with van der Waals surface area (Å²) in [5.74, 6) is -1.55. The zero-order valence-electron chi connectivity index (χ0n) is 8.27. The number of cyclic esters (lactones) is 1. The van der Waals surface area contributed by atoms with Crippen molar-refractivity contribution in [3.63, 3.8) is 0 Å². The lowest BCUT2D eigenvalue weighted by Gasteiger charge is -2.20. The highest BCUT2D eigenvalue weighted by Gasteiger charge is 2.57. The minimum absolute atomic E-state index is 0.216. The van der Waals surface area contributed by atoms with Gasteiger partial charge in [0.15, 0.2) is 23.8 Å². The average molecular weight is 200 g/mol. The molecule has 0 spiro atoms. The molecule has 0 amide bonds. The largest absolute Gasteiger partial charge is 0.449 e. The van der Waals surface area contributed by atoms with Crippen LogP contribution < -0.4 is 0 Å². The van der Waals surface area contributed by atoms with E-state index >= 15 is 0 Å². The van der Waals surface area contributed by atoms with Gasteiger partial charge in [0.05, 0.1) is 0 Å². The fourth-order valence-corrected chi connectivity index (χ4v) is 1.77. The van der Waals surface area contributed by atoms with Crippen molar-refractivity contribution in [3.8, 4) is 0 Å². The first-order chi connectivity index (χ1) is 6.41. The molecule has 2 aliphatic rings. The van der Waals surface area contributed by atoms with Crippen LogP contribution in [0.15, 0.2) is 0 Å². The monoisotopic (exact) mass is 200 g/mol. The minimum atomic E-state index is -0.817. The van der Waals surface area contributed by atoms with E-state index in [1.54, 1.807) is 13.8 Å². The Kier molecular flexibility index (Phi) is 1.90. The number of rotatable bonds is 1. The van der Waals surface area contributed by atoms with Crippen LogP contribution in [-0.4, -0.2) is 35.9 Å². The zero-order valence-corrected chi connectivity index (χ0v) is 8.27. The van der Waals surface area contributed by atoms with E-state index in [1.807, 2.05) is 0 Å². The molecule has 3 atom stereocenters. The predicted octanol–water partition coefficient (Wildman–Crippen LogP) is 0.0209. The summed E-state index contributed by atoms with van der Waals surface area (Å²) in [6.07, 6.45) is -2.15. The van der Waals surface area contributed by atoms with Gasteiger partial charge in [-0.25, -0.2) is 4.79 Å². The summed E-state index contributed by atoms with van der Waals surface area (Å²) in [4.78, 5) is 22.4. The van der Waals surface area contributed by atoms with Crippen LogP contribution in [0.3, 0.4) is 0 Å². The van der Waals surface area contributed by atoms with Crippen molar-refractivity contribution in [2.24, 2.45) is 0 Å². The second-order valence-electron chi connectivity index (χ2n) is 3.99. The van der Waals surface area contributed by atoms with E-state index in [2.05, 4.69) is 0 Å². The Bertz CT molecular complexity index is 296. The fourth-order valence-electron chi connectivity index (χ4n) is 1.77. The third-order valence-corrected chi connectivity index (χ3v) is 2.30. The zero-order chi connectivity index (χ0) is 10.5. The van der Waals surface area contributed by atoms with Crippen molar-refractivity contribution >= 4 is 11.8 Å². The number of Topliss-reactive ketones (excluding diaryl/α,β-unsaturated/α-hetero) is 1. The van der Waals surface area contributed by atoms with Gasteiger partial charge in [-0.15, -0.1) is 0 Å². The van der Waals surface area contributed by atoms with E-state index in [9.17, 15) is 9.59 Å². The highest BCUT2D eigenvalue weighted by molar-refractivity contribution is 5.90. The van der Waals surface area contributed by atoms with Gasteiger partial charge in [-0.1, -0.05) is 0 Å². The first-order valence-corrected chi connectivity index (χ1v) is 4.47. The Morgan fingerprint density at radius 2 is 2.00 bits per heavy atom. The predicted molar refractivity (Wildman–Crippen MR) is 44.4 cm³/mol. The molecule has 0 N–H and O–H groups in total. The summed E-state index contributed by atoms with van der Waals surface area (Å²) in [6.45, 7) is 4.78. The van der Waals surface area contributed by atoms with Crippen LogP contribution in [0.4, 0.5) is 0 Å². The summed E-state index contributed by atoms with van der Waals surface area (Å²) < 4.78 is 15.6. The molecule has 5 heteroatoms. The second-order valence-corrected chi connectivity index (χ2v) is 3.99. The smallest absolute Gasteiger partial charge is 0.339 e. The topological polar surface area (TPSA) is 61.8 Å². The van der Waals surface area contributed by atoms with Crippen LogP contribution in [-0.2, 0) is 23.8 Å². The van der Waals surface area contributed by atoms with E-state index in [4.69, 9.17) is 14.2 Å². The lowest BCUT2D eigenvalue weighted by atomic mass is 10.1. The molecule has 2 rings (SSSR count). The van der Waals surface area contributed by atoms with Crippen LogP contribution in [0.2, 0.25) is 0 Å². The Balaban J connectivity index is 2.23. The molecule has 2 saturated heterocycles. The van der Waals surface area contributed by atoms with Crippen molar-refractivity contribution in [1.82, 2.24) is 0 Å². The summed E-state index contributed by atoms with van der Waals surface area (Å²) >= 11 is 0. The molecule has 0 aromatic rings. The Labute approximate surface area is 81.3 Å². The van der Waals surface area contributed by atoms with Crippen molar-refractivity contribution in [2.45, 2.75) is 44.9 Å². The minimum Gasteiger partial charge on any atom is -0.449 e. The van der Waals surface area contributed by atoms with E-state index in [0.717, 1.165) is 0 Å². The number of fused-ring (bicyclic) bond motifs is 1. The quantitative estimate of drug-likeness (QED) is 0.558. The van der Waals surface area contributed by atoms with E-state index in [1.165, 1.54) is 6.92 Å². The second kappa shape index (κ2) is 2.77. The number of carbonyl (C=O) groups is 2. The molecule has 0 saturated carbocycles. The van der Waals surface area contributed by atoms with Crippen molar-refractivity contribution in [1.29, 1.82) is 0 Å². The molecule has 2 heterocycles. The standard InChI is InChI=1S/C9H12O5/c1-4(10)5-6-7(8(11)12-5)14-9(2,3)13-6/h5-7H,1-3H3/t5-,6+,7+/m0/s1. The van der Waals surface area contributed by atoms with Gasteiger partial charge >= 0.3 is 5.97 Å². The van der Waals surface area contributed by atoms with Crippen LogP contribution in [0.1, 0.15) is 20.8 Å². The van der Waals surface area contributed by atoms with Crippen LogP contribution in [0, 0.1) is 0 Å². The molecule has 0 bridgehead atoms. The third kappa shape index (κ3) is 1.33. The lowest BCUT2D eigenvalue weighted by Crippen LogP contribution is -2.34. The molecule has 14 heavy (non-hydrogen) atoms. The van der Waals surface area contributed by atoms with Gasteiger partial charge in [0.2, 0.25) is 0 Å². The lowest BCUT2D eigenvalue weighted by molar-refractivity contribution is -0.187. The number of carbonyl (C=O) groups excluding carboxylic acids is 2. The van der Waals surface area contributed by atoms with Crippen LogP contribution in [0.5, 0.6) is 0 Å². The van der Waals surface area contributed by atoms with Gasteiger partial charge in [-0.3, -0.25) is 4.79 Å². The van der Waals surface area contributed by atoms with Gasteiger partial charge in [0, 0.05) is 0 Å². The molecule has 0 aromatic heterocycles. The molecule has 0 radical (unpaired) electrons. The fraction of sp³-hybridized carbons (Fsp3) is 0.778. The molecule has 2 fully saturated rings. The molecule has 2 aliphatic heterocycles. The maximum absolute atomic E-state index is 11.3. The molecule has 5 nitrogen and oxygen atoms in total. The van der Waals surface area contributed by atoms with E-state index in [-0.39, 0.29) is 5.78 Å². The molecule has 0 aliphatic carbocycles. The van der Waals surface area contributed by atoms with Gasteiger partial charge in [-0.2, -0.15) is 0 Å². The number of ether oxygens (including phenoxy) is 3. The number of esters is 1. The van der Waals surface area contributed by atoms with Gasteiger partial charge in [0.25, 0.3) is 0 Å². The Morgan fingerprint density at radius 1 is 1.36 bits per heavy atom. The maximum atomic E-state index is 11.3. The van der Waals surface area contributed by atoms with Crippen molar-refractivity contribution in [2.75, 3.05) is 0 Å². The molecule has 0 aromatic carbocycles. The van der Waals surface area contributed by atoms with Gasteiger partial charge in [-0.05, 0) is 20.8 Å². The molecular formula is C9H12O5. The highest BCUT2D eigenvalue weighted by Crippen LogP contribution is 2.36. The number of hydrogen-bond donors (Lipinski definition) is 0. The molecule has 0 unspecified atom stereocenters. The van der Waals surface area contributed by atoms with Crippen LogP contribution in [0.25, 0.3) is 0 Å². The third-order valence-electron chi connectivity index (χ3n) is 2.30. The van der Waals surface area contributed by atoms with Gasteiger partial charge < -0.3 is 14.2 Å². The Hall–Kier alpha value is -0.940. The summed E-state index contributed by atoms with van der Waals surface area (Å²) in [6, 6.07) is 0. The summed E-state index contributed by atoms with van der Waals surface area (Å²) in [7, 11) is 0. The van der Waals surface area contributed by atoms with Crippen molar-refractivity contribution < 1.29 is 23.8 Å². The summed E-state index contributed by atoms with van der Waals surface area (Å²) in [5.41, 5.74) is 0. The van der Waals surface area contributed by atoms with Gasteiger partial charge in [0.1, 0.15) is 6.10 Å². The first-order valence-electron chi connectivity index (χ1n) is 4.47. The van der Waals surface area contributed by atoms with Crippen LogP contribution >= 0.6 is 0 Å². The number of ketones is 1. The van der Waals surface area contributed by atoms with Crippen molar-refractivity contribution in [3.05, 3.63) is 0 Å². The summed E-state index contributed by atoms with van der Waals surface area (Å²) in [5, 5.41) is 0. The average Bonchev–Trinajstić information content (AvgIpc) is 2.47. The molecule has 78 valence electrons. The SMILES string of the molecule is CC(=O)[C@@H]1OC(=O)[C@@H]2OC(C)(C)O[C@H]12. The van der Waals surface area contributed by atoms with E-state index in [0.29, 0.717) is 0 Å². The molecular weight excluding hydrogens is 188 g/mol.